The van der Waals surface area contributed by atoms with Crippen molar-refractivity contribution in [3.05, 3.63) is 28.7 Å². The zero-order chi connectivity index (χ0) is 17.9. The zero-order valence-electron chi connectivity index (χ0n) is 15.1. The molecular weight excluding hydrogens is 412 g/mol. The molecule has 0 spiro atoms. The minimum atomic E-state index is -3.37. The molecule has 1 aromatic rings. The third-order valence-corrected chi connectivity index (χ3v) is 9.76. The van der Waals surface area contributed by atoms with Crippen LogP contribution >= 0.6 is 15.9 Å². The van der Waals surface area contributed by atoms with Crippen molar-refractivity contribution >= 4 is 26.0 Å². The molecule has 0 amide bonds. The van der Waals surface area contributed by atoms with Gasteiger partial charge in [-0.3, -0.25) is 4.90 Å². The first-order valence-corrected chi connectivity index (χ1v) is 12.2. The van der Waals surface area contributed by atoms with Gasteiger partial charge in [0.1, 0.15) is 0 Å². The van der Waals surface area contributed by atoms with Crippen molar-refractivity contribution < 1.29 is 8.42 Å². The fraction of sp³-hybridized carbons (Fsp3) is 0.700. The van der Waals surface area contributed by atoms with Gasteiger partial charge in [0.2, 0.25) is 10.0 Å². The van der Waals surface area contributed by atoms with Crippen LogP contribution in [0, 0.1) is 23.7 Å². The molecule has 5 aliphatic rings. The average molecular weight is 439 g/mol. The van der Waals surface area contributed by atoms with Crippen LogP contribution in [0.5, 0.6) is 0 Å². The molecule has 26 heavy (non-hydrogen) atoms. The first-order valence-electron chi connectivity index (χ1n) is 10.0. The van der Waals surface area contributed by atoms with E-state index >= 15 is 0 Å². The van der Waals surface area contributed by atoms with Gasteiger partial charge in [-0.25, -0.2) is 8.42 Å². The molecule has 0 N–H and O–H groups in total. The van der Waals surface area contributed by atoms with Crippen molar-refractivity contribution in [2.24, 2.45) is 23.7 Å². The van der Waals surface area contributed by atoms with Crippen LogP contribution in [0.3, 0.4) is 0 Å². The van der Waals surface area contributed by atoms with Crippen LogP contribution in [-0.4, -0.2) is 49.8 Å². The highest BCUT2D eigenvalue weighted by Gasteiger charge is 2.50. The van der Waals surface area contributed by atoms with E-state index in [4.69, 9.17) is 0 Å². The lowest BCUT2D eigenvalue weighted by Crippen LogP contribution is -2.60. The summed E-state index contributed by atoms with van der Waals surface area (Å²) >= 11 is 3.38. The number of benzene rings is 1. The molecule has 4 saturated carbocycles. The zero-order valence-corrected chi connectivity index (χ0v) is 17.5. The summed E-state index contributed by atoms with van der Waals surface area (Å²) in [5, 5.41) is 0. The molecule has 6 heteroatoms. The predicted octanol–water partition coefficient (Wildman–Crippen LogP) is 3.58. The summed E-state index contributed by atoms with van der Waals surface area (Å²) in [6.07, 6.45) is 7.19. The smallest absolute Gasteiger partial charge is 0.243 e. The third kappa shape index (κ3) is 2.97. The fourth-order valence-corrected chi connectivity index (χ4v) is 8.18. The largest absolute Gasteiger partial charge is 0.297 e. The molecule has 6 rings (SSSR count). The van der Waals surface area contributed by atoms with Crippen molar-refractivity contribution in [3.63, 3.8) is 0 Å². The molecule has 1 saturated heterocycles. The Labute approximate surface area is 165 Å². The van der Waals surface area contributed by atoms with E-state index in [2.05, 4.69) is 20.8 Å². The maximum absolute atomic E-state index is 12.9. The topological polar surface area (TPSA) is 40.6 Å². The molecule has 4 nitrogen and oxygen atoms in total. The molecule has 0 radical (unpaired) electrons. The van der Waals surface area contributed by atoms with Gasteiger partial charge in [0.05, 0.1) is 4.90 Å². The first-order chi connectivity index (χ1) is 12.5. The second-order valence-electron chi connectivity index (χ2n) is 8.82. The second-order valence-corrected chi connectivity index (χ2v) is 11.7. The summed E-state index contributed by atoms with van der Waals surface area (Å²) in [7, 11) is -3.37. The molecule has 0 unspecified atom stereocenters. The number of rotatable bonds is 3. The van der Waals surface area contributed by atoms with Crippen molar-refractivity contribution in [2.75, 3.05) is 26.2 Å². The number of nitrogens with zero attached hydrogens (tertiary/aromatic N) is 2. The molecule has 1 aromatic carbocycles. The normalized spacial score (nSPS) is 38.0. The summed E-state index contributed by atoms with van der Waals surface area (Å²) in [5.41, 5.74) is 0. The van der Waals surface area contributed by atoms with Crippen LogP contribution in [0.2, 0.25) is 0 Å². The Hall–Kier alpha value is -0.430. The monoisotopic (exact) mass is 438 g/mol. The lowest BCUT2D eigenvalue weighted by atomic mass is 9.54. The number of sulfonamides is 1. The molecule has 0 aromatic heterocycles. The highest BCUT2D eigenvalue weighted by Crippen LogP contribution is 2.55. The van der Waals surface area contributed by atoms with E-state index in [0.717, 1.165) is 47.3 Å². The van der Waals surface area contributed by atoms with Gasteiger partial charge in [0.15, 0.2) is 0 Å². The maximum atomic E-state index is 12.9. The van der Waals surface area contributed by atoms with Crippen LogP contribution in [-0.2, 0) is 10.0 Å². The molecule has 142 valence electrons. The van der Waals surface area contributed by atoms with Crippen molar-refractivity contribution in [1.82, 2.24) is 9.21 Å². The van der Waals surface area contributed by atoms with Crippen molar-refractivity contribution in [2.45, 2.75) is 43.0 Å². The van der Waals surface area contributed by atoms with E-state index in [9.17, 15) is 8.42 Å². The summed E-state index contributed by atoms with van der Waals surface area (Å²) < 4.78 is 28.4. The molecule has 1 aliphatic heterocycles. The highest BCUT2D eigenvalue weighted by molar-refractivity contribution is 9.10. The van der Waals surface area contributed by atoms with Crippen molar-refractivity contribution in [3.8, 4) is 0 Å². The third-order valence-electron chi connectivity index (χ3n) is 7.32. The van der Waals surface area contributed by atoms with E-state index < -0.39 is 10.0 Å². The predicted molar refractivity (Wildman–Crippen MR) is 105 cm³/mol. The fourth-order valence-electron chi connectivity index (χ4n) is 6.49. The summed E-state index contributed by atoms with van der Waals surface area (Å²) in [5.74, 6) is 3.74. The van der Waals surface area contributed by atoms with Gasteiger partial charge in [-0.1, -0.05) is 15.9 Å². The van der Waals surface area contributed by atoms with Crippen LogP contribution < -0.4 is 0 Å². The molecule has 0 atom stereocenters. The van der Waals surface area contributed by atoms with E-state index in [0.29, 0.717) is 18.0 Å². The quantitative estimate of drug-likeness (QED) is 0.723. The standard InChI is InChI=1S/C20H27BrN2O2S/c21-18-1-3-19(4-2-18)26(24,25)23-7-5-22(6-8-23)20-16-10-14-9-15(12-16)13-17(20)11-14/h1-4,14-17,20H,5-13H2. The van der Waals surface area contributed by atoms with Gasteiger partial charge in [-0.15, -0.1) is 0 Å². The summed E-state index contributed by atoms with van der Waals surface area (Å²) in [6, 6.07) is 7.73. The molecular formula is C20H27BrN2O2S. The van der Waals surface area contributed by atoms with Gasteiger partial charge < -0.3 is 0 Å². The number of hydrogen-bond acceptors (Lipinski definition) is 3. The Kier molecular flexibility index (Phi) is 4.46. The summed E-state index contributed by atoms with van der Waals surface area (Å²) in [4.78, 5) is 3.05. The Morgan fingerprint density at radius 1 is 0.808 bits per heavy atom. The van der Waals surface area contributed by atoms with E-state index in [1.807, 2.05) is 0 Å². The van der Waals surface area contributed by atoms with Gasteiger partial charge in [0.25, 0.3) is 0 Å². The number of hydrogen-bond donors (Lipinski definition) is 0. The van der Waals surface area contributed by atoms with Gasteiger partial charge >= 0.3 is 0 Å². The Morgan fingerprint density at radius 3 is 1.88 bits per heavy atom. The SMILES string of the molecule is O=S(=O)(c1ccc(Br)cc1)N1CCN(C2C3CC4CC(C3)CC2C4)CC1. The molecule has 5 fully saturated rings. The van der Waals surface area contributed by atoms with Crippen molar-refractivity contribution in [1.29, 1.82) is 0 Å². The highest BCUT2D eigenvalue weighted by atomic mass is 79.9. The van der Waals surface area contributed by atoms with Gasteiger partial charge in [0, 0.05) is 36.7 Å². The summed E-state index contributed by atoms with van der Waals surface area (Å²) in [6.45, 7) is 3.04. The molecule has 4 aliphatic carbocycles. The number of piperazine rings is 1. The van der Waals surface area contributed by atoms with Crippen LogP contribution in [0.4, 0.5) is 0 Å². The lowest BCUT2D eigenvalue weighted by Gasteiger charge is -2.58. The average Bonchev–Trinajstić information content (AvgIpc) is 2.62. The molecule has 4 bridgehead atoms. The minimum Gasteiger partial charge on any atom is -0.297 e. The van der Waals surface area contributed by atoms with Crippen LogP contribution in [0.1, 0.15) is 32.1 Å². The Balaban J connectivity index is 1.27. The second kappa shape index (κ2) is 6.57. The minimum absolute atomic E-state index is 0.406. The maximum Gasteiger partial charge on any atom is 0.243 e. The van der Waals surface area contributed by atoms with E-state index in [1.54, 1.807) is 28.6 Å². The van der Waals surface area contributed by atoms with Gasteiger partial charge in [-0.05, 0) is 80.0 Å². The number of halogens is 1. The van der Waals surface area contributed by atoms with Crippen LogP contribution in [0.15, 0.2) is 33.6 Å². The van der Waals surface area contributed by atoms with Crippen LogP contribution in [0.25, 0.3) is 0 Å². The lowest BCUT2D eigenvalue weighted by molar-refractivity contribution is -0.0720. The van der Waals surface area contributed by atoms with Gasteiger partial charge in [-0.2, -0.15) is 4.31 Å². The Bertz CT molecular complexity index is 744. The Morgan fingerprint density at radius 2 is 1.35 bits per heavy atom. The van der Waals surface area contributed by atoms with E-state index in [1.165, 1.54) is 32.1 Å². The first kappa shape index (κ1) is 17.7. The van der Waals surface area contributed by atoms with E-state index in [-0.39, 0.29) is 0 Å². The molecule has 1 heterocycles.